The molecule has 0 spiro atoms. The number of quaternary nitrogens is 1. The first-order chi connectivity index (χ1) is 16.9. The number of hydrogen-bond donors (Lipinski definition) is 0. The van der Waals surface area contributed by atoms with Crippen molar-refractivity contribution in [3.63, 3.8) is 0 Å². The molecule has 0 saturated heterocycles. The van der Waals surface area contributed by atoms with Gasteiger partial charge in [-0.2, -0.15) is 65.9 Å². The van der Waals surface area contributed by atoms with Crippen LogP contribution in [-0.2, 0) is 10.1 Å². The van der Waals surface area contributed by atoms with Crippen molar-refractivity contribution in [3.05, 3.63) is 0 Å². The first kappa shape index (κ1) is 39.9. The van der Waals surface area contributed by atoms with Crippen molar-refractivity contribution >= 4 is 10.1 Å². The molecule has 0 fully saturated rings. The molecular formula is C18H25F16NO3S. The normalized spacial score (nSPS) is 16.0. The van der Waals surface area contributed by atoms with Gasteiger partial charge >= 0.3 is 41.0 Å². The van der Waals surface area contributed by atoms with E-state index in [1.54, 1.807) is 0 Å². The van der Waals surface area contributed by atoms with Crippen LogP contribution in [0.5, 0.6) is 0 Å². The average molecular weight is 639 g/mol. The van der Waals surface area contributed by atoms with Crippen LogP contribution in [0.2, 0.25) is 0 Å². The first-order valence-corrected chi connectivity index (χ1v) is 12.1. The van der Waals surface area contributed by atoms with Crippen molar-refractivity contribution in [2.45, 2.75) is 87.8 Å². The van der Waals surface area contributed by atoms with Gasteiger partial charge in [0.15, 0.2) is 16.3 Å². The summed E-state index contributed by atoms with van der Waals surface area (Å²) in [4.78, 5) is 0. The van der Waals surface area contributed by atoms with E-state index in [0.29, 0.717) is 0 Å². The van der Waals surface area contributed by atoms with Crippen LogP contribution in [0.25, 0.3) is 0 Å². The van der Waals surface area contributed by atoms with Crippen LogP contribution in [0, 0.1) is 0 Å². The van der Waals surface area contributed by atoms with Crippen LogP contribution < -0.4 is 0 Å². The predicted molar refractivity (Wildman–Crippen MR) is 102 cm³/mol. The summed E-state index contributed by atoms with van der Waals surface area (Å²) in [6, 6.07) is 0. The summed E-state index contributed by atoms with van der Waals surface area (Å²) in [5.74, 6) is -40.6. The molecule has 39 heavy (non-hydrogen) atoms. The molecule has 0 aliphatic heterocycles. The molecule has 0 aromatic rings. The second kappa shape index (κ2) is 12.3. The Morgan fingerprint density at radius 3 is 1.15 bits per heavy atom. The van der Waals surface area contributed by atoms with E-state index >= 15 is 0 Å². The number of nitrogens with zero attached hydrogens (tertiary/aromatic N) is 1. The maximum atomic E-state index is 13.3. The number of rotatable bonds is 13. The van der Waals surface area contributed by atoms with Gasteiger partial charge in [0.2, 0.25) is 0 Å². The van der Waals surface area contributed by atoms with Gasteiger partial charge in [0.1, 0.15) is 0 Å². The highest BCUT2D eigenvalue weighted by atomic mass is 32.2. The second-order valence-electron chi connectivity index (χ2n) is 8.12. The molecule has 21 heteroatoms. The molecule has 0 rings (SSSR count). The quantitative estimate of drug-likeness (QED) is 0.126. The van der Waals surface area contributed by atoms with Crippen molar-refractivity contribution in [1.82, 2.24) is 0 Å². The minimum atomic E-state index is -8.47. The third-order valence-electron chi connectivity index (χ3n) is 6.04. The van der Waals surface area contributed by atoms with E-state index in [0.717, 1.165) is 0 Å². The van der Waals surface area contributed by atoms with E-state index < -0.39 is 70.2 Å². The van der Waals surface area contributed by atoms with Crippen molar-refractivity contribution in [2.75, 3.05) is 26.2 Å². The fourth-order valence-electron chi connectivity index (χ4n) is 2.95. The van der Waals surface area contributed by atoms with Gasteiger partial charge in [0, 0.05) is 6.42 Å². The summed E-state index contributed by atoms with van der Waals surface area (Å²) in [6.45, 7) is 14.2. The zero-order valence-corrected chi connectivity index (χ0v) is 21.3. The SMILES string of the molecule is CC[N+](CC)(CC)CC.O=S(=O)([O-])C(F)(F)C(F)(F)C(F)(F)C(F)(F)C(F)(F)C(F)(F)C(F)CCC(F)(F)F. The summed E-state index contributed by atoms with van der Waals surface area (Å²) in [7, 11) is -8.00. The van der Waals surface area contributed by atoms with Crippen LogP contribution in [0.15, 0.2) is 0 Å². The maximum Gasteiger partial charge on any atom is 0.402 e. The van der Waals surface area contributed by atoms with Crippen LogP contribution in [0.4, 0.5) is 70.2 Å². The highest BCUT2D eigenvalue weighted by Gasteiger charge is 2.91. The van der Waals surface area contributed by atoms with Gasteiger partial charge in [-0.05, 0) is 34.1 Å². The molecule has 4 nitrogen and oxygen atoms in total. The highest BCUT2D eigenvalue weighted by Crippen LogP contribution is 2.61. The van der Waals surface area contributed by atoms with Gasteiger partial charge in [-0.15, -0.1) is 0 Å². The lowest BCUT2D eigenvalue weighted by molar-refractivity contribution is -0.921. The molecule has 1 atom stereocenters. The zero-order chi connectivity index (χ0) is 32.3. The molecular weight excluding hydrogens is 614 g/mol. The Kier molecular flexibility index (Phi) is 12.6. The van der Waals surface area contributed by atoms with Crippen LogP contribution >= 0.6 is 0 Å². The smallest absolute Gasteiger partial charge is 0.402 e. The van der Waals surface area contributed by atoms with Gasteiger partial charge in [0.25, 0.3) is 0 Å². The average Bonchev–Trinajstić information content (AvgIpc) is 2.77. The molecule has 0 radical (unpaired) electrons. The Labute approximate surface area is 212 Å². The van der Waals surface area contributed by atoms with Crippen LogP contribution in [0.1, 0.15) is 40.5 Å². The molecule has 0 aromatic carbocycles. The standard InChI is InChI=1S/C10H6F16O3S.C8H20N/c11-3(1-2-4(12,13)14)5(15,16)6(17,18)7(19,20)8(21,22)9(23,24)10(25,26)30(27,28)29;1-5-9(6-2,7-3)8-4/h3H,1-2H2,(H,27,28,29);5-8H2,1-4H3/q;+1/p-1. The Morgan fingerprint density at radius 1 is 0.615 bits per heavy atom. The van der Waals surface area contributed by atoms with Gasteiger partial charge in [-0.1, -0.05) is 0 Å². The summed E-state index contributed by atoms with van der Waals surface area (Å²) >= 11 is 0. The predicted octanol–water partition coefficient (Wildman–Crippen LogP) is 6.86. The molecule has 1 unspecified atom stereocenters. The maximum absolute atomic E-state index is 13.3. The molecule has 238 valence electrons. The van der Waals surface area contributed by atoms with Crippen LogP contribution in [-0.4, -0.2) is 90.8 Å². The zero-order valence-electron chi connectivity index (χ0n) is 20.4. The van der Waals surface area contributed by atoms with Gasteiger partial charge in [-0.3, -0.25) is 0 Å². The summed E-state index contributed by atoms with van der Waals surface area (Å²) < 4.78 is 237. The van der Waals surface area contributed by atoms with E-state index in [2.05, 4.69) is 27.7 Å². The Morgan fingerprint density at radius 2 is 0.923 bits per heavy atom. The number of hydrogen-bond acceptors (Lipinski definition) is 3. The van der Waals surface area contributed by atoms with Crippen molar-refractivity contribution in [1.29, 1.82) is 0 Å². The van der Waals surface area contributed by atoms with Crippen molar-refractivity contribution < 1.29 is 87.7 Å². The Hall–Kier alpha value is -1.25. The Balaban J connectivity index is 0. The molecule has 0 amide bonds. The van der Waals surface area contributed by atoms with E-state index in [9.17, 15) is 83.2 Å². The lowest BCUT2D eigenvalue weighted by Crippen LogP contribution is -2.72. The van der Waals surface area contributed by atoms with E-state index in [-0.39, 0.29) is 0 Å². The second-order valence-corrected chi connectivity index (χ2v) is 9.54. The van der Waals surface area contributed by atoms with Crippen molar-refractivity contribution in [2.24, 2.45) is 0 Å². The molecule has 0 bridgehead atoms. The van der Waals surface area contributed by atoms with Crippen molar-refractivity contribution in [3.8, 4) is 0 Å². The van der Waals surface area contributed by atoms with E-state index in [1.165, 1.54) is 30.7 Å². The largest absolute Gasteiger partial charge is 0.743 e. The van der Waals surface area contributed by atoms with Gasteiger partial charge in [-0.25, -0.2) is 12.8 Å². The highest BCUT2D eigenvalue weighted by molar-refractivity contribution is 7.86. The topological polar surface area (TPSA) is 57.2 Å². The number of halogens is 16. The third kappa shape index (κ3) is 7.53. The van der Waals surface area contributed by atoms with Gasteiger partial charge < -0.3 is 9.04 Å². The molecule has 0 saturated carbocycles. The third-order valence-corrected chi connectivity index (χ3v) is 6.92. The molecule has 0 aliphatic rings. The first-order valence-electron chi connectivity index (χ1n) is 10.7. The monoisotopic (exact) mass is 639 g/mol. The molecule has 0 heterocycles. The van der Waals surface area contributed by atoms with Crippen LogP contribution in [0.3, 0.4) is 0 Å². The molecule has 0 aromatic heterocycles. The summed E-state index contributed by atoms with van der Waals surface area (Å²) in [5, 5.41) is -7.77. The lowest BCUT2D eigenvalue weighted by Gasteiger charge is -2.42. The Bertz CT molecular complexity index is 868. The number of alkyl halides is 16. The lowest BCUT2D eigenvalue weighted by atomic mass is 9.91. The summed E-state index contributed by atoms with van der Waals surface area (Å²) in [6.07, 6.45) is -16.1. The summed E-state index contributed by atoms with van der Waals surface area (Å²) in [5.41, 5.74) is 0. The minimum Gasteiger partial charge on any atom is -0.743 e. The fourth-order valence-corrected chi connectivity index (χ4v) is 3.40. The molecule has 0 N–H and O–H groups in total. The van der Waals surface area contributed by atoms with E-state index in [4.69, 9.17) is 0 Å². The molecule has 0 aliphatic carbocycles. The fraction of sp³-hybridized carbons (Fsp3) is 1.00. The minimum absolute atomic E-state index is 1.28. The van der Waals surface area contributed by atoms with Gasteiger partial charge in [0.05, 0.1) is 26.2 Å². The van der Waals surface area contributed by atoms with E-state index in [1.807, 2.05) is 0 Å².